The summed E-state index contributed by atoms with van der Waals surface area (Å²) in [5.74, 6) is -0.300. The zero-order valence-corrected chi connectivity index (χ0v) is 11.0. The van der Waals surface area contributed by atoms with Crippen LogP contribution in [0.1, 0.15) is 25.3 Å². The van der Waals surface area contributed by atoms with Crippen LogP contribution in [0, 0.1) is 11.6 Å². The summed E-state index contributed by atoms with van der Waals surface area (Å²) in [6, 6.07) is 4.11. The van der Waals surface area contributed by atoms with E-state index in [0.29, 0.717) is 24.6 Å². The van der Waals surface area contributed by atoms with E-state index in [0.717, 1.165) is 18.6 Å². The van der Waals surface area contributed by atoms with E-state index in [9.17, 15) is 8.78 Å². The second-order valence-electron chi connectivity index (χ2n) is 4.71. The summed E-state index contributed by atoms with van der Waals surface area (Å²) in [6.07, 6.45) is 2.88. The fourth-order valence-corrected chi connectivity index (χ4v) is 1.79. The Morgan fingerprint density at radius 3 is 2.53 bits per heavy atom. The number of halogens is 2. The van der Waals surface area contributed by atoms with Crippen molar-refractivity contribution in [2.75, 3.05) is 13.1 Å². The maximum atomic E-state index is 13.0. The predicted octanol–water partition coefficient (Wildman–Crippen LogP) is 2.22. The van der Waals surface area contributed by atoms with Crippen LogP contribution in [0.15, 0.2) is 23.2 Å². The van der Waals surface area contributed by atoms with E-state index in [1.54, 1.807) is 0 Å². The van der Waals surface area contributed by atoms with Gasteiger partial charge < -0.3 is 10.6 Å². The molecule has 1 aromatic rings. The van der Waals surface area contributed by atoms with Gasteiger partial charge in [-0.3, -0.25) is 4.99 Å². The lowest BCUT2D eigenvalue weighted by Crippen LogP contribution is -2.38. The molecule has 0 heterocycles. The van der Waals surface area contributed by atoms with Crippen molar-refractivity contribution in [3.8, 4) is 0 Å². The van der Waals surface area contributed by atoms with E-state index < -0.39 is 11.6 Å². The van der Waals surface area contributed by atoms with Crippen molar-refractivity contribution in [3.05, 3.63) is 35.4 Å². The van der Waals surface area contributed by atoms with Gasteiger partial charge >= 0.3 is 0 Å². The lowest BCUT2D eigenvalue weighted by atomic mass is 10.1. The smallest absolute Gasteiger partial charge is 0.191 e. The number of hydrogen-bond acceptors (Lipinski definition) is 1. The van der Waals surface area contributed by atoms with Gasteiger partial charge in [0.05, 0.1) is 0 Å². The molecule has 2 N–H and O–H groups in total. The molecule has 0 amide bonds. The van der Waals surface area contributed by atoms with Gasteiger partial charge in [0, 0.05) is 25.2 Å². The van der Waals surface area contributed by atoms with Gasteiger partial charge in [0.15, 0.2) is 5.96 Å². The molecule has 0 atom stereocenters. The molecule has 3 nitrogen and oxygen atoms in total. The molecule has 0 aliphatic heterocycles. The molecule has 1 aliphatic rings. The molecule has 0 saturated heterocycles. The van der Waals surface area contributed by atoms with Gasteiger partial charge in [-0.25, -0.2) is 8.78 Å². The van der Waals surface area contributed by atoms with E-state index in [1.165, 1.54) is 25.0 Å². The number of guanidine groups is 1. The summed E-state index contributed by atoms with van der Waals surface area (Å²) in [6.45, 7) is 3.31. The van der Waals surface area contributed by atoms with Crippen LogP contribution in [0.25, 0.3) is 0 Å². The number of nitrogens with one attached hydrogen (secondary N) is 2. The summed E-state index contributed by atoms with van der Waals surface area (Å²) in [7, 11) is 0. The van der Waals surface area contributed by atoms with Crippen molar-refractivity contribution >= 4 is 5.96 Å². The third-order valence-electron chi connectivity index (χ3n) is 2.86. The Balaban J connectivity index is 1.88. The summed E-state index contributed by atoms with van der Waals surface area (Å²) < 4.78 is 26.0. The van der Waals surface area contributed by atoms with E-state index >= 15 is 0 Å². The number of aliphatic imine (C=N–C) groups is 1. The van der Waals surface area contributed by atoms with Crippen LogP contribution in [0.5, 0.6) is 0 Å². The number of rotatable bonds is 5. The van der Waals surface area contributed by atoms with E-state index in [4.69, 9.17) is 0 Å². The largest absolute Gasteiger partial charge is 0.357 e. The number of nitrogens with zero attached hydrogens (tertiary/aromatic N) is 1. The topological polar surface area (TPSA) is 36.4 Å². The normalized spacial score (nSPS) is 15.4. The van der Waals surface area contributed by atoms with Crippen LogP contribution in [-0.2, 0) is 6.42 Å². The fraction of sp³-hybridized carbons (Fsp3) is 0.500. The molecular weight excluding hydrogens is 248 g/mol. The van der Waals surface area contributed by atoms with Gasteiger partial charge in [-0.15, -0.1) is 0 Å². The van der Waals surface area contributed by atoms with Crippen LogP contribution in [0.2, 0.25) is 0 Å². The van der Waals surface area contributed by atoms with Crippen molar-refractivity contribution in [3.63, 3.8) is 0 Å². The molecule has 5 heteroatoms. The van der Waals surface area contributed by atoms with Gasteiger partial charge in [-0.05, 0) is 43.9 Å². The highest BCUT2D eigenvalue weighted by molar-refractivity contribution is 5.80. The first-order chi connectivity index (χ1) is 9.17. The van der Waals surface area contributed by atoms with Crippen LogP contribution >= 0.6 is 0 Å². The minimum atomic E-state index is -0.540. The molecule has 1 aromatic carbocycles. The second kappa shape index (κ2) is 6.50. The third kappa shape index (κ3) is 4.85. The van der Waals surface area contributed by atoms with Gasteiger partial charge in [-0.1, -0.05) is 0 Å². The second-order valence-corrected chi connectivity index (χ2v) is 4.71. The Hall–Kier alpha value is -1.65. The predicted molar refractivity (Wildman–Crippen MR) is 72.2 cm³/mol. The van der Waals surface area contributed by atoms with Crippen LogP contribution in [-0.4, -0.2) is 25.1 Å². The molecule has 0 radical (unpaired) electrons. The van der Waals surface area contributed by atoms with Crippen LogP contribution < -0.4 is 10.6 Å². The molecule has 0 aromatic heterocycles. The molecule has 104 valence electrons. The first-order valence-electron chi connectivity index (χ1n) is 6.67. The zero-order valence-electron chi connectivity index (χ0n) is 11.0. The molecule has 0 spiro atoms. The van der Waals surface area contributed by atoms with E-state index in [1.807, 2.05) is 6.92 Å². The average Bonchev–Trinajstić information content (AvgIpc) is 3.12. The number of hydrogen-bond donors (Lipinski definition) is 2. The Labute approximate surface area is 112 Å². The first-order valence-corrected chi connectivity index (χ1v) is 6.67. The molecule has 1 fully saturated rings. The van der Waals surface area contributed by atoms with E-state index in [-0.39, 0.29) is 0 Å². The molecule has 2 rings (SSSR count). The highest BCUT2D eigenvalue weighted by Crippen LogP contribution is 2.18. The maximum absolute atomic E-state index is 13.0. The average molecular weight is 267 g/mol. The van der Waals surface area contributed by atoms with E-state index in [2.05, 4.69) is 15.6 Å². The third-order valence-corrected chi connectivity index (χ3v) is 2.86. The van der Waals surface area contributed by atoms with Gasteiger partial charge in [-0.2, -0.15) is 0 Å². The maximum Gasteiger partial charge on any atom is 0.191 e. The summed E-state index contributed by atoms with van der Waals surface area (Å²) in [5, 5.41) is 6.45. The minimum absolute atomic E-state index is 0.505. The Morgan fingerprint density at radius 2 is 1.95 bits per heavy atom. The van der Waals surface area contributed by atoms with Crippen molar-refractivity contribution < 1.29 is 8.78 Å². The molecule has 0 bridgehead atoms. The first kappa shape index (κ1) is 13.8. The molecule has 19 heavy (non-hydrogen) atoms. The highest BCUT2D eigenvalue weighted by Gasteiger charge is 2.21. The number of benzene rings is 1. The van der Waals surface area contributed by atoms with Crippen molar-refractivity contribution in [1.29, 1.82) is 0 Å². The Morgan fingerprint density at radius 1 is 1.26 bits per heavy atom. The monoisotopic (exact) mass is 267 g/mol. The van der Waals surface area contributed by atoms with Crippen LogP contribution in [0.3, 0.4) is 0 Å². The lowest BCUT2D eigenvalue weighted by molar-refractivity contribution is 0.579. The fourth-order valence-electron chi connectivity index (χ4n) is 1.79. The molecule has 1 aliphatic carbocycles. The SMILES string of the molecule is CCNC(=NCCc1cc(F)cc(F)c1)NC1CC1. The highest BCUT2D eigenvalue weighted by atomic mass is 19.1. The van der Waals surface area contributed by atoms with Gasteiger partial charge in [0.25, 0.3) is 0 Å². The van der Waals surface area contributed by atoms with Crippen molar-refractivity contribution in [2.45, 2.75) is 32.2 Å². The zero-order chi connectivity index (χ0) is 13.7. The minimum Gasteiger partial charge on any atom is -0.357 e. The standard InChI is InChI=1S/C14H19F2N3/c1-2-17-14(19-13-3-4-13)18-6-5-10-7-11(15)9-12(16)8-10/h7-9,13H,2-6H2,1H3,(H2,17,18,19). The molecular formula is C14H19F2N3. The summed E-state index contributed by atoms with van der Waals surface area (Å²) in [4.78, 5) is 4.40. The van der Waals surface area contributed by atoms with Crippen molar-refractivity contribution in [2.24, 2.45) is 4.99 Å². The van der Waals surface area contributed by atoms with Crippen molar-refractivity contribution in [1.82, 2.24) is 10.6 Å². The Kier molecular flexibility index (Phi) is 4.71. The Bertz CT molecular complexity index is 436. The van der Waals surface area contributed by atoms with Gasteiger partial charge in [0.1, 0.15) is 11.6 Å². The van der Waals surface area contributed by atoms with Crippen LogP contribution in [0.4, 0.5) is 8.78 Å². The summed E-state index contributed by atoms with van der Waals surface area (Å²) in [5.41, 5.74) is 0.628. The molecule has 1 saturated carbocycles. The quantitative estimate of drug-likeness (QED) is 0.634. The lowest BCUT2D eigenvalue weighted by Gasteiger charge is -2.10. The molecule has 0 unspecified atom stereocenters. The van der Waals surface area contributed by atoms with Gasteiger partial charge in [0.2, 0.25) is 0 Å². The summed E-state index contributed by atoms with van der Waals surface area (Å²) >= 11 is 0.